The van der Waals surface area contributed by atoms with E-state index in [0.29, 0.717) is 12.6 Å². The Hall–Kier alpha value is -0.940. The lowest BCUT2D eigenvalue weighted by molar-refractivity contribution is 0.101. The van der Waals surface area contributed by atoms with Gasteiger partial charge in [-0.3, -0.25) is 0 Å². The molecule has 0 amide bonds. The van der Waals surface area contributed by atoms with Crippen LogP contribution in [-0.4, -0.2) is 34.0 Å². The maximum atomic E-state index is 5.66. The van der Waals surface area contributed by atoms with Gasteiger partial charge in [-0.1, -0.05) is 6.42 Å². The highest BCUT2D eigenvalue weighted by Gasteiger charge is 2.12. The second-order valence-corrected chi connectivity index (χ2v) is 4.48. The van der Waals surface area contributed by atoms with Crippen LogP contribution in [0.5, 0.6) is 0 Å². The maximum Gasteiger partial charge on any atom is 0.152 e. The summed E-state index contributed by atoms with van der Waals surface area (Å²) in [6, 6.07) is 0.646. The third-order valence-electron chi connectivity index (χ3n) is 3.25. The molecule has 1 N–H and O–H groups in total. The van der Waals surface area contributed by atoms with Gasteiger partial charge in [0.15, 0.2) is 5.82 Å². The van der Waals surface area contributed by atoms with Crippen LogP contribution in [0, 0.1) is 0 Å². The molecule has 2 heterocycles. The highest BCUT2D eigenvalue weighted by molar-refractivity contribution is 4.81. The third-order valence-corrected chi connectivity index (χ3v) is 3.25. The second kappa shape index (κ2) is 6.71. The van der Waals surface area contributed by atoms with Crippen LogP contribution < -0.4 is 5.32 Å². The molecule has 0 saturated carbocycles. The first-order valence-electron chi connectivity index (χ1n) is 6.58. The Kier molecular flexibility index (Phi) is 4.94. The zero-order valence-electron chi connectivity index (χ0n) is 10.6. The smallest absolute Gasteiger partial charge is 0.152 e. The van der Waals surface area contributed by atoms with E-state index < -0.39 is 0 Å². The minimum atomic E-state index is 0.570. The molecule has 2 rings (SSSR count). The quantitative estimate of drug-likeness (QED) is 0.760. The van der Waals surface area contributed by atoms with Gasteiger partial charge in [0, 0.05) is 19.2 Å². The number of aryl methyl sites for hydroxylation is 1. The molecule has 0 spiro atoms. The third kappa shape index (κ3) is 3.78. The van der Waals surface area contributed by atoms with Crippen LogP contribution in [0.4, 0.5) is 0 Å². The highest BCUT2D eigenvalue weighted by Crippen LogP contribution is 2.10. The molecular formula is C12H22N4O. The molecule has 0 radical (unpaired) electrons. The summed E-state index contributed by atoms with van der Waals surface area (Å²) in [6.07, 6.45) is 6.64. The van der Waals surface area contributed by atoms with E-state index in [-0.39, 0.29) is 0 Å². The van der Waals surface area contributed by atoms with E-state index in [2.05, 4.69) is 22.3 Å². The molecule has 1 saturated heterocycles. The Morgan fingerprint density at radius 3 is 3.24 bits per heavy atom. The maximum absolute atomic E-state index is 5.66. The van der Waals surface area contributed by atoms with E-state index in [4.69, 9.17) is 4.74 Å². The number of rotatable bonds is 6. The number of piperidine rings is 1. The molecule has 96 valence electrons. The molecule has 17 heavy (non-hydrogen) atoms. The fourth-order valence-electron chi connectivity index (χ4n) is 2.22. The van der Waals surface area contributed by atoms with Crippen LogP contribution in [0.15, 0.2) is 6.33 Å². The Morgan fingerprint density at radius 1 is 1.53 bits per heavy atom. The number of hydrogen-bond acceptors (Lipinski definition) is 4. The number of nitrogens with zero attached hydrogens (tertiary/aromatic N) is 3. The SMILES string of the molecule is CCn1ncnc1COCCC1CCCCN1. The van der Waals surface area contributed by atoms with Crippen LogP contribution in [0.2, 0.25) is 0 Å². The lowest BCUT2D eigenvalue weighted by Crippen LogP contribution is -2.34. The van der Waals surface area contributed by atoms with Crippen LogP contribution >= 0.6 is 0 Å². The van der Waals surface area contributed by atoms with Crippen LogP contribution in [0.25, 0.3) is 0 Å². The first-order chi connectivity index (χ1) is 8.40. The predicted molar refractivity (Wildman–Crippen MR) is 65.6 cm³/mol. The Balaban J connectivity index is 1.62. The van der Waals surface area contributed by atoms with Crippen molar-refractivity contribution in [3.05, 3.63) is 12.2 Å². The van der Waals surface area contributed by atoms with Gasteiger partial charge in [-0.2, -0.15) is 5.10 Å². The molecule has 1 aromatic heterocycles. The van der Waals surface area contributed by atoms with Crippen molar-refractivity contribution >= 4 is 0 Å². The number of nitrogens with one attached hydrogen (secondary N) is 1. The molecule has 1 atom stereocenters. The minimum absolute atomic E-state index is 0.570. The molecular weight excluding hydrogens is 216 g/mol. The van der Waals surface area contributed by atoms with E-state index in [1.807, 2.05) is 4.68 Å². The van der Waals surface area contributed by atoms with E-state index in [1.165, 1.54) is 19.3 Å². The fourth-order valence-corrected chi connectivity index (χ4v) is 2.22. The summed E-state index contributed by atoms with van der Waals surface area (Å²) in [5, 5.41) is 7.64. The van der Waals surface area contributed by atoms with Gasteiger partial charge in [-0.15, -0.1) is 0 Å². The zero-order valence-corrected chi connectivity index (χ0v) is 10.6. The summed E-state index contributed by atoms with van der Waals surface area (Å²) in [5.41, 5.74) is 0. The molecule has 1 aliphatic heterocycles. The number of ether oxygens (including phenoxy) is 1. The van der Waals surface area contributed by atoms with Crippen LogP contribution in [0.3, 0.4) is 0 Å². The highest BCUT2D eigenvalue weighted by atomic mass is 16.5. The van der Waals surface area contributed by atoms with Gasteiger partial charge in [0.05, 0.1) is 0 Å². The molecule has 5 nitrogen and oxygen atoms in total. The topological polar surface area (TPSA) is 52.0 Å². The average Bonchev–Trinajstić information content (AvgIpc) is 2.83. The summed E-state index contributed by atoms with van der Waals surface area (Å²) in [7, 11) is 0. The molecule has 0 bridgehead atoms. The Morgan fingerprint density at radius 2 is 2.47 bits per heavy atom. The predicted octanol–water partition coefficient (Wildman–Crippen LogP) is 1.35. The normalized spacial score (nSPS) is 20.6. The van der Waals surface area contributed by atoms with Crippen molar-refractivity contribution in [2.24, 2.45) is 0 Å². The van der Waals surface area contributed by atoms with Gasteiger partial charge >= 0.3 is 0 Å². The molecule has 1 fully saturated rings. The van der Waals surface area contributed by atoms with Gasteiger partial charge < -0.3 is 10.1 Å². The first kappa shape index (κ1) is 12.5. The van der Waals surface area contributed by atoms with Gasteiger partial charge in [-0.05, 0) is 32.7 Å². The Labute approximate surface area is 103 Å². The van der Waals surface area contributed by atoms with Crippen LogP contribution in [-0.2, 0) is 17.9 Å². The first-order valence-corrected chi connectivity index (χ1v) is 6.58. The van der Waals surface area contributed by atoms with E-state index in [0.717, 1.165) is 31.9 Å². The van der Waals surface area contributed by atoms with Crippen molar-refractivity contribution in [1.29, 1.82) is 0 Å². The zero-order chi connectivity index (χ0) is 11.9. The van der Waals surface area contributed by atoms with Crippen molar-refractivity contribution in [3.8, 4) is 0 Å². The monoisotopic (exact) mass is 238 g/mol. The van der Waals surface area contributed by atoms with Crippen molar-refractivity contribution in [2.45, 2.75) is 51.8 Å². The molecule has 1 aromatic rings. The largest absolute Gasteiger partial charge is 0.373 e. The van der Waals surface area contributed by atoms with Crippen molar-refractivity contribution < 1.29 is 4.74 Å². The van der Waals surface area contributed by atoms with E-state index in [9.17, 15) is 0 Å². The molecule has 5 heteroatoms. The fraction of sp³-hybridized carbons (Fsp3) is 0.833. The number of hydrogen-bond donors (Lipinski definition) is 1. The number of aromatic nitrogens is 3. The molecule has 0 aromatic carbocycles. The average molecular weight is 238 g/mol. The molecule has 1 unspecified atom stereocenters. The van der Waals surface area contributed by atoms with E-state index >= 15 is 0 Å². The summed E-state index contributed by atoms with van der Waals surface area (Å²) in [5.74, 6) is 0.920. The Bertz CT molecular complexity index is 320. The lowest BCUT2D eigenvalue weighted by Gasteiger charge is -2.23. The molecule has 0 aliphatic carbocycles. The standard InChI is InChI=1S/C12H22N4O/c1-2-16-12(14-10-15-16)9-17-8-6-11-5-3-4-7-13-11/h10-11,13H,2-9H2,1H3. The second-order valence-electron chi connectivity index (χ2n) is 4.48. The lowest BCUT2D eigenvalue weighted by atomic mass is 10.0. The molecule has 1 aliphatic rings. The van der Waals surface area contributed by atoms with Crippen molar-refractivity contribution in [3.63, 3.8) is 0 Å². The van der Waals surface area contributed by atoms with Crippen LogP contribution in [0.1, 0.15) is 38.4 Å². The summed E-state index contributed by atoms with van der Waals surface area (Å²) >= 11 is 0. The van der Waals surface area contributed by atoms with Gasteiger partial charge in [0.1, 0.15) is 12.9 Å². The van der Waals surface area contributed by atoms with Crippen molar-refractivity contribution in [1.82, 2.24) is 20.1 Å². The van der Waals surface area contributed by atoms with Gasteiger partial charge in [0.2, 0.25) is 0 Å². The summed E-state index contributed by atoms with van der Waals surface area (Å²) in [6.45, 7) is 5.44. The minimum Gasteiger partial charge on any atom is -0.373 e. The summed E-state index contributed by atoms with van der Waals surface area (Å²) in [4.78, 5) is 4.18. The van der Waals surface area contributed by atoms with E-state index in [1.54, 1.807) is 6.33 Å². The van der Waals surface area contributed by atoms with Gasteiger partial charge in [0.25, 0.3) is 0 Å². The van der Waals surface area contributed by atoms with Gasteiger partial charge in [-0.25, -0.2) is 9.67 Å². The van der Waals surface area contributed by atoms with Crippen molar-refractivity contribution in [2.75, 3.05) is 13.2 Å². The summed E-state index contributed by atoms with van der Waals surface area (Å²) < 4.78 is 7.53.